The van der Waals surface area contributed by atoms with Crippen LogP contribution >= 0.6 is 0 Å². The first kappa shape index (κ1) is 10.9. The van der Waals surface area contributed by atoms with Crippen LogP contribution in [0.1, 0.15) is 20.3 Å². The van der Waals surface area contributed by atoms with Gasteiger partial charge in [-0.15, -0.1) is 0 Å². The van der Waals surface area contributed by atoms with E-state index in [9.17, 15) is 9.59 Å². The van der Waals surface area contributed by atoms with Crippen LogP contribution < -0.4 is 0 Å². The van der Waals surface area contributed by atoms with Crippen molar-refractivity contribution in [3.63, 3.8) is 0 Å². The molecule has 1 N–H and O–H groups in total. The van der Waals surface area contributed by atoms with Gasteiger partial charge >= 0.3 is 11.9 Å². The minimum Gasteiger partial charge on any atom is -0.481 e. The van der Waals surface area contributed by atoms with E-state index in [0.717, 1.165) is 0 Å². The van der Waals surface area contributed by atoms with Crippen LogP contribution in [0.5, 0.6) is 0 Å². The fourth-order valence-electron chi connectivity index (χ4n) is 0.931. The predicted molar refractivity (Wildman–Crippen MR) is 42.6 cm³/mol. The maximum atomic E-state index is 11.0. The monoisotopic (exact) mass is 174 g/mol. The van der Waals surface area contributed by atoms with Crippen LogP contribution in [0.3, 0.4) is 0 Å². The van der Waals surface area contributed by atoms with Crippen LogP contribution in [0.4, 0.5) is 0 Å². The Kier molecular flexibility index (Phi) is 4.33. The molecular formula is C8H14O4. The van der Waals surface area contributed by atoms with Crippen LogP contribution in [0, 0.1) is 11.8 Å². The SMILES string of the molecule is COC(=O)[C@@H](CC(=O)O)C(C)C. The van der Waals surface area contributed by atoms with E-state index >= 15 is 0 Å². The third-order valence-electron chi connectivity index (χ3n) is 1.70. The van der Waals surface area contributed by atoms with E-state index in [-0.39, 0.29) is 12.3 Å². The fourth-order valence-corrected chi connectivity index (χ4v) is 0.931. The zero-order chi connectivity index (χ0) is 9.72. The lowest BCUT2D eigenvalue weighted by Gasteiger charge is -2.15. The summed E-state index contributed by atoms with van der Waals surface area (Å²) in [6.07, 6.45) is -0.162. The van der Waals surface area contributed by atoms with Crippen LogP contribution in [0.15, 0.2) is 0 Å². The Balaban J connectivity index is 4.23. The van der Waals surface area contributed by atoms with Crippen LogP contribution in [0.2, 0.25) is 0 Å². The smallest absolute Gasteiger partial charge is 0.309 e. The molecule has 4 heteroatoms. The van der Waals surface area contributed by atoms with Crippen LogP contribution in [-0.2, 0) is 14.3 Å². The number of hydrogen-bond donors (Lipinski definition) is 1. The Morgan fingerprint density at radius 1 is 1.42 bits per heavy atom. The molecule has 0 saturated carbocycles. The first-order chi connectivity index (χ1) is 5.49. The molecule has 0 aliphatic heterocycles. The van der Waals surface area contributed by atoms with Crippen molar-refractivity contribution in [2.45, 2.75) is 20.3 Å². The summed E-state index contributed by atoms with van der Waals surface area (Å²) in [6, 6.07) is 0. The van der Waals surface area contributed by atoms with E-state index in [4.69, 9.17) is 5.11 Å². The normalized spacial score (nSPS) is 12.7. The van der Waals surface area contributed by atoms with E-state index in [1.165, 1.54) is 7.11 Å². The highest BCUT2D eigenvalue weighted by Crippen LogP contribution is 2.16. The van der Waals surface area contributed by atoms with Crippen molar-refractivity contribution in [3.05, 3.63) is 0 Å². The lowest BCUT2D eigenvalue weighted by atomic mass is 9.93. The maximum absolute atomic E-state index is 11.0. The lowest BCUT2D eigenvalue weighted by Crippen LogP contribution is -2.24. The molecule has 0 aromatic carbocycles. The molecular weight excluding hydrogens is 160 g/mol. The lowest BCUT2D eigenvalue weighted by molar-refractivity contribution is -0.152. The standard InChI is InChI=1S/C8H14O4/c1-5(2)6(4-7(9)10)8(11)12-3/h5-6H,4H2,1-3H3,(H,9,10)/t6-/m0/s1. The third-order valence-corrected chi connectivity index (χ3v) is 1.70. The van der Waals surface area contributed by atoms with Gasteiger partial charge in [-0.2, -0.15) is 0 Å². The summed E-state index contributed by atoms with van der Waals surface area (Å²) in [7, 11) is 1.26. The van der Waals surface area contributed by atoms with Crippen LogP contribution in [0.25, 0.3) is 0 Å². The van der Waals surface area contributed by atoms with Crippen molar-refractivity contribution in [2.75, 3.05) is 7.11 Å². The molecule has 0 rings (SSSR count). The molecule has 0 spiro atoms. The van der Waals surface area contributed by atoms with E-state index in [1.54, 1.807) is 13.8 Å². The van der Waals surface area contributed by atoms with Crippen LogP contribution in [-0.4, -0.2) is 24.2 Å². The Morgan fingerprint density at radius 2 is 1.92 bits per heavy atom. The van der Waals surface area contributed by atoms with Gasteiger partial charge in [0.1, 0.15) is 0 Å². The molecule has 0 amide bonds. The Labute approximate surface area is 71.5 Å². The van der Waals surface area contributed by atoms with Crippen molar-refractivity contribution in [1.82, 2.24) is 0 Å². The number of esters is 1. The summed E-state index contributed by atoms with van der Waals surface area (Å²) in [6.45, 7) is 3.59. The van der Waals surface area contributed by atoms with E-state index < -0.39 is 17.9 Å². The average Bonchev–Trinajstić information content (AvgIpc) is 1.98. The number of aliphatic carboxylic acids is 1. The summed E-state index contributed by atoms with van der Waals surface area (Å²) in [5, 5.41) is 8.47. The van der Waals surface area contributed by atoms with Gasteiger partial charge < -0.3 is 9.84 Å². The summed E-state index contributed by atoms with van der Waals surface area (Å²) in [5.41, 5.74) is 0. The zero-order valence-corrected chi connectivity index (χ0v) is 7.53. The second-order valence-electron chi connectivity index (χ2n) is 2.97. The molecule has 1 atom stereocenters. The summed E-state index contributed by atoms with van der Waals surface area (Å²) < 4.78 is 4.47. The third kappa shape index (κ3) is 3.37. The number of methoxy groups -OCH3 is 1. The number of carboxylic acid groups (broad SMARTS) is 1. The molecule has 0 aromatic heterocycles. The minimum absolute atomic E-state index is 0.00597. The van der Waals surface area contributed by atoms with Crippen molar-refractivity contribution in [2.24, 2.45) is 11.8 Å². The van der Waals surface area contributed by atoms with E-state index in [0.29, 0.717) is 0 Å². The Morgan fingerprint density at radius 3 is 2.17 bits per heavy atom. The van der Waals surface area contributed by atoms with Crippen molar-refractivity contribution < 1.29 is 19.4 Å². The van der Waals surface area contributed by atoms with E-state index in [2.05, 4.69) is 4.74 Å². The van der Waals surface area contributed by atoms with Gasteiger partial charge in [-0.3, -0.25) is 9.59 Å². The second kappa shape index (κ2) is 4.74. The van der Waals surface area contributed by atoms with Gasteiger partial charge in [0.25, 0.3) is 0 Å². The zero-order valence-electron chi connectivity index (χ0n) is 7.53. The molecule has 0 fully saturated rings. The topological polar surface area (TPSA) is 63.6 Å². The molecule has 0 unspecified atom stereocenters. The van der Waals surface area contributed by atoms with Gasteiger partial charge in [-0.25, -0.2) is 0 Å². The number of carbonyl (C=O) groups is 2. The van der Waals surface area contributed by atoms with Crippen molar-refractivity contribution in [3.8, 4) is 0 Å². The molecule has 0 bridgehead atoms. The largest absolute Gasteiger partial charge is 0.481 e. The Bertz CT molecular complexity index is 174. The highest BCUT2D eigenvalue weighted by Gasteiger charge is 2.25. The maximum Gasteiger partial charge on any atom is 0.309 e. The van der Waals surface area contributed by atoms with Gasteiger partial charge in [0.2, 0.25) is 0 Å². The minimum atomic E-state index is -0.973. The molecule has 0 heterocycles. The molecule has 12 heavy (non-hydrogen) atoms. The fraction of sp³-hybridized carbons (Fsp3) is 0.750. The summed E-state index contributed by atoms with van der Waals surface area (Å²) >= 11 is 0. The first-order valence-corrected chi connectivity index (χ1v) is 3.78. The van der Waals surface area contributed by atoms with Crippen molar-refractivity contribution in [1.29, 1.82) is 0 Å². The van der Waals surface area contributed by atoms with Gasteiger partial charge in [-0.05, 0) is 5.92 Å². The summed E-state index contributed by atoms with van der Waals surface area (Å²) in [5.74, 6) is -1.97. The molecule has 0 aliphatic carbocycles. The number of ether oxygens (including phenoxy) is 1. The molecule has 0 radical (unpaired) electrons. The number of rotatable bonds is 4. The number of hydrogen-bond acceptors (Lipinski definition) is 3. The van der Waals surface area contributed by atoms with Gasteiger partial charge in [0, 0.05) is 0 Å². The predicted octanol–water partition coefficient (Wildman–Crippen LogP) is 0.906. The van der Waals surface area contributed by atoms with Gasteiger partial charge in [0.05, 0.1) is 19.4 Å². The molecule has 70 valence electrons. The highest BCUT2D eigenvalue weighted by atomic mass is 16.5. The molecule has 0 aliphatic rings. The average molecular weight is 174 g/mol. The Hall–Kier alpha value is -1.06. The van der Waals surface area contributed by atoms with Crippen molar-refractivity contribution >= 4 is 11.9 Å². The number of carbonyl (C=O) groups excluding carboxylic acids is 1. The van der Waals surface area contributed by atoms with Gasteiger partial charge in [-0.1, -0.05) is 13.8 Å². The molecule has 0 aromatic rings. The molecule has 0 saturated heterocycles. The van der Waals surface area contributed by atoms with E-state index in [1.807, 2.05) is 0 Å². The second-order valence-corrected chi connectivity index (χ2v) is 2.97. The quantitative estimate of drug-likeness (QED) is 0.643. The van der Waals surface area contributed by atoms with Gasteiger partial charge in [0.15, 0.2) is 0 Å². The first-order valence-electron chi connectivity index (χ1n) is 3.78. The molecule has 4 nitrogen and oxygen atoms in total. The highest BCUT2D eigenvalue weighted by molar-refractivity contribution is 5.79. The number of carboxylic acids is 1. The summed E-state index contributed by atoms with van der Waals surface area (Å²) in [4.78, 5) is 21.3.